The van der Waals surface area contributed by atoms with E-state index in [9.17, 15) is 14.4 Å². The lowest BCUT2D eigenvalue weighted by Gasteiger charge is -2.17. The van der Waals surface area contributed by atoms with Gasteiger partial charge in [-0.3, -0.25) is 9.36 Å². The molecule has 1 N–H and O–H groups in total. The van der Waals surface area contributed by atoms with Crippen LogP contribution in [0.3, 0.4) is 0 Å². The Balaban J connectivity index is 1.70. The number of hydrogen-bond acceptors (Lipinski definition) is 5. The summed E-state index contributed by atoms with van der Waals surface area (Å²) in [6.45, 7) is 4.94. The van der Waals surface area contributed by atoms with E-state index in [1.165, 1.54) is 18.4 Å². The molecule has 0 aliphatic rings. The van der Waals surface area contributed by atoms with E-state index in [-0.39, 0.29) is 0 Å². The summed E-state index contributed by atoms with van der Waals surface area (Å²) in [6.07, 6.45) is -1.02. The van der Waals surface area contributed by atoms with Crippen molar-refractivity contribution >= 4 is 28.7 Å². The Hall–Kier alpha value is -3.35. The summed E-state index contributed by atoms with van der Waals surface area (Å²) in [7, 11) is 0. The molecule has 2 aromatic carbocycles. The van der Waals surface area contributed by atoms with Gasteiger partial charge >= 0.3 is 11.7 Å². The van der Waals surface area contributed by atoms with Crippen molar-refractivity contribution in [1.29, 1.82) is 0 Å². The summed E-state index contributed by atoms with van der Waals surface area (Å²) >= 11 is 0. The average molecular weight is 368 g/mol. The Morgan fingerprint density at radius 2 is 1.74 bits per heavy atom. The molecule has 3 rings (SSSR count). The molecule has 0 saturated heterocycles. The number of fused-ring (bicyclic) bond motifs is 1. The van der Waals surface area contributed by atoms with Crippen LogP contribution in [0.4, 0.5) is 5.69 Å². The topological polar surface area (TPSA) is 90.5 Å². The maximum atomic E-state index is 12.4. The highest BCUT2D eigenvalue weighted by Gasteiger charge is 2.26. The number of aromatic nitrogens is 1. The van der Waals surface area contributed by atoms with Gasteiger partial charge in [-0.15, -0.1) is 0 Å². The molecular weight excluding hydrogens is 348 g/mol. The molecule has 0 fully saturated rings. The van der Waals surface area contributed by atoms with Crippen LogP contribution in [0.1, 0.15) is 25.5 Å². The zero-order valence-corrected chi connectivity index (χ0v) is 15.3. The smallest absolute Gasteiger partial charge is 0.420 e. The first-order valence-electron chi connectivity index (χ1n) is 8.55. The van der Waals surface area contributed by atoms with Gasteiger partial charge in [-0.25, -0.2) is 9.59 Å². The number of carbonyl (C=O) groups excluding carboxylic acids is 2. The van der Waals surface area contributed by atoms with E-state index < -0.39 is 29.8 Å². The van der Waals surface area contributed by atoms with Crippen molar-refractivity contribution in [2.24, 2.45) is 0 Å². The van der Waals surface area contributed by atoms with Crippen molar-refractivity contribution in [2.45, 2.75) is 32.9 Å². The molecule has 0 unspecified atom stereocenters. The average Bonchev–Trinajstić information content (AvgIpc) is 2.98. The summed E-state index contributed by atoms with van der Waals surface area (Å²) in [5.74, 6) is -1.81. The van der Waals surface area contributed by atoms with Gasteiger partial charge in [-0.2, -0.15) is 0 Å². The highest BCUT2D eigenvalue weighted by atomic mass is 16.5. The van der Waals surface area contributed by atoms with Gasteiger partial charge in [0.25, 0.3) is 5.91 Å². The molecule has 0 spiro atoms. The highest BCUT2D eigenvalue weighted by Crippen LogP contribution is 2.18. The van der Waals surface area contributed by atoms with Crippen LogP contribution in [0.5, 0.6) is 0 Å². The second-order valence-corrected chi connectivity index (χ2v) is 6.32. The normalized spacial score (nSPS) is 13.1. The Labute approximate surface area is 155 Å². The van der Waals surface area contributed by atoms with Gasteiger partial charge in [-0.05, 0) is 45.0 Å². The van der Waals surface area contributed by atoms with Gasteiger partial charge in [0.05, 0.1) is 5.52 Å². The fourth-order valence-corrected chi connectivity index (χ4v) is 2.66. The zero-order valence-electron chi connectivity index (χ0n) is 15.3. The van der Waals surface area contributed by atoms with E-state index in [0.717, 1.165) is 5.56 Å². The van der Waals surface area contributed by atoms with Crippen LogP contribution in [0.15, 0.2) is 57.7 Å². The van der Waals surface area contributed by atoms with E-state index in [0.29, 0.717) is 16.8 Å². The SMILES string of the molecule is Cc1ccc(NC(=O)[C@H](C)OC(=O)[C@@H](C)n2c(=O)oc3ccccc32)cc1. The molecule has 1 amide bonds. The molecule has 0 aliphatic heterocycles. The van der Waals surface area contributed by atoms with E-state index in [1.54, 1.807) is 36.4 Å². The molecule has 7 heteroatoms. The number of benzene rings is 2. The Morgan fingerprint density at radius 1 is 1.07 bits per heavy atom. The molecule has 7 nitrogen and oxygen atoms in total. The van der Waals surface area contributed by atoms with Crippen LogP contribution < -0.4 is 11.1 Å². The first kappa shape index (κ1) is 18.4. The minimum atomic E-state index is -1.02. The minimum absolute atomic E-state index is 0.382. The molecule has 140 valence electrons. The number of ether oxygens (including phenoxy) is 1. The van der Waals surface area contributed by atoms with Crippen molar-refractivity contribution in [3.05, 3.63) is 64.6 Å². The predicted molar refractivity (Wildman–Crippen MR) is 101 cm³/mol. The number of nitrogens with one attached hydrogen (secondary N) is 1. The van der Waals surface area contributed by atoms with E-state index in [1.807, 2.05) is 19.1 Å². The number of para-hydroxylation sites is 2. The van der Waals surface area contributed by atoms with Crippen molar-refractivity contribution in [2.75, 3.05) is 5.32 Å². The van der Waals surface area contributed by atoms with E-state index in [4.69, 9.17) is 9.15 Å². The van der Waals surface area contributed by atoms with Gasteiger partial charge in [-0.1, -0.05) is 29.8 Å². The van der Waals surface area contributed by atoms with Crippen molar-refractivity contribution in [3.8, 4) is 0 Å². The standard InChI is InChI=1S/C20H20N2O5/c1-12-8-10-15(11-9-12)21-18(23)14(3)26-19(24)13(2)22-16-6-4-5-7-17(16)27-20(22)25/h4-11,13-14H,1-3H3,(H,21,23)/t13-,14+/m1/s1. The summed E-state index contributed by atoms with van der Waals surface area (Å²) in [6, 6.07) is 13.1. The third kappa shape index (κ3) is 3.92. The summed E-state index contributed by atoms with van der Waals surface area (Å²) in [5, 5.41) is 2.69. The molecule has 27 heavy (non-hydrogen) atoms. The van der Waals surface area contributed by atoms with Gasteiger partial charge < -0.3 is 14.5 Å². The number of nitrogens with zero attached hydrogens (tertiary/aromatic N) is 1. The molecule has 3 aromatic rings. The number of anilines is 1. The molecular formula is C20H20N2O5. The van der Waals surface area contributed by atoms with Crippen LogP contribution in [0.2, 0.25) is 0 Å². The number of rotatable bonds is 5. The number of oxazole rings is 1. The fourth-order valence-electron chi connectivity index (χ4n) is 2.66. The first-order valence-corrected chi connectivity index (χ1v) is 8.55. The monoisotopic (exact) mass is 368 g/mol. The van der Waals surface area contributed by atoms with Gasteiger partial charge in [0.15, 0.2) is 11.7 Å². The van der Waals surface area contributed by atoms with Crippen LogP contribution >= 0.6 is 0 Å². The number of esters is 1. The van der Waals surface area contributed by atoms with Crippen LogP contribution in [-0.4, -0.2) is 22.5 Å². The number of carbonyl (C=O) groups is 2. The fraction of sp³-hybridized carbons (Fsp3) is 0.250. The van der Waals surface area contributed by atoms with Crippen LogP contribution in [0, 0.1) is 6.92 Å². The molecule has 0 bridgehead atoms. The lowest BCUT2D eigenvalue weighted by molar-refractivity contribution is -0.156. The Kier molecular flexibility index (Phi) is 5.12. The Bertz CT molecular complexity index is 1030. The molecule has 1 heterocycles. The third-order valence-electron chi connectivity index (χ3n) is 4.23. The molecule has 0 aliphatic carbocycles. The van der Waals surface area contributed by atoms with Crippen molar-refractivity contribution in [1.82, 2.24) is 4.57 Å². The zero-order chi connectivity index (χ0) is 19.6. The van der Waals surface area contributed by atoms with Gasteiger partial charge in [0.2, 0.25) is 0 Å². The van der Waals surface area contributed by atoms with Crippen molar-refractivity contribution < 1.29 is 18.7 Å². The number of aryl methyl sites for hydroxylation is 1. The van der Waals surface area contributed by atoms with E-state index >= 15 is 0 Å². The van der Waals surface area contributed by atoms with Gasteiger partial charge in [0, 0.05) is 5.69 Å². The third-order valence-corrected chi connectivity index (χ3v) is 4.23. The predicted octanol–water partition coefficient (Wildman–Crippen LogP) is 3.03. The molecule has 0 radical (unpaired) electrons. The lowest BCUT2D eigenvalue weighted by atomic mass is 10.2. The maximum absolute atomic E-state index is 12.4. The highest BCUT2D eigenvalue weighted by molar-refractivity contribution is 5.95. The summed E-state index contributed by atoms with van der Waals surface area (Å²) < 4.78 is 11.6. The van der Waals surface area contributed by atoms with Crippen LogP contribution in [-0.2, 0) is 14.3 Å². The second-order valence-electron chi connectivity index (χ2n) is 6.32. The Morgan fingerprint density at radius 3 is 2.44 bits per heavy atom. The maximum Gasteiger partial charge on any atom is 0.420 e. The number of hydrogen-bond donors (Lipinski definition) is 1. The summed E-state index contributed by atoms with van der Waals surface area (Å²) in [4.78, 5) is 36.8. The lowest BCUT2D eigenvalue weighted by Crippen LogP contribution is -2.34. The molecule has 2 atom stereocenters. The quantitative estimate of drug-likeness (QED) is 0.699. The molecule has 0 saturated carbocycles. The largest absolute Gasteiger partial charge is 0.451 e. The minimum Gasteiger partial charge on any atom is -0.451 e. The second kappa shape index (κ2) is 7.49. The number of amides is 1. The summed E-state index contributed by atoms with van der Waals surface area (Å²) in [5.41, 5.74) is 2.55. The van der Waals surface area contributed by atoms with Crippen LogP contribution in [0.25, 0.3) is 11.1 Å². The first-order chi connectivity index (χ1) is 12.9. The van der Waals surface area contributed by atoms with E-state index in [2.05, 4.69) is 5.32 Å². The van der Waals surface area contributed by atoms with Gasteiger partial charge in [0.1, 0.15) is 6.04 Å². The van der Waals surface area contributed by atoms with Crippen molar-refractivity contribution in [3.63, 3.8) is 0 Å². The molecule has 1 aromatic heterocycles.